The number of phenolic OH excluding ortho intramolecular Hbond substituents is 1. The molecule has 3 aromatic carbocycles. The number of hydrogen-bond donors (Lipinski definition) is 1. The van der Waals surface area contributed by atoms with E-state index in [-0.39, 0.29) is 11.6 Å². The first-order chi connectivity index (χ1) is 12.9. The molecule has 0 saturated heterocycles. The lowest BCUT2D eigenvalue weighted by Crippen LogP contribution is -2.01. The second kappa shape index (κ2) is 8.04. The molecule has 0 aromatic heterocycles. The maximum Gasteiger partial charge on any atom is 0.142 e. The van der Waals surface area contributed by atoms with Crippen LogP contribution in [0.4, 0.5) is 4.39 Å². The number of halogens is 1. The van der Waals surface area contributed by atoms with Crippen molar-refractivity contribution in [3.8, 4) is 16.9 Å². The quantitative estimate of drug-likeness (QED) is 0.463. The average Bonchev–Trinajstić information content (AvgIpc) is 2.66. The molecular formula is C23H22FNO2. The van der Waals surface area contributed by atoms with Gasteiger partial charge < -0.3 is 9.94 Å². The van der Waals surface area contributed by atoms with E-state index in [9.17, 15) is 9.50 Å². The van der Waals surface area contributed by atoms with Crippen LogP contribution in [0.1, 0.15) is 29.2 Å². The minimum absolute atomic E-state index is 0.184. The van der Waals surface area contributed by atoms with Crippen molar-refractivity contribution >= 4 is 5.71 Å². The summed E-state index contributed by atoms with van der Waals surface area (Å²) in [6, 6.07) is 17.9. The summed E-state index contributed by atoms with van der Waals surface area (Å²) in [7, 11) is 0. The molecule has 3 aromatic rings. The first kappa shape index (κ1) is 18.6. The molecule has 0 atom stereocenters. The molecule has 1 N–H and O–H groups in total. The maximum absolute atomic E-state index is 13.3. The second-order valence-corrected chi connectivity index (χ2v) is 6.63. The van der Waals surface area contributed by atoms with Gasteiger partial charge in [-0.25, -0.2) is 4.39 Å². The molecule has 0 amide bonds. The van der Waals surface area contributed by atoms with Crippen LogP contribution in [0.5, 0.6) is 5.75 Å². The third-order valence-corrected chi connectivity index (χ3v) is 4.43. The van der Waals surface area contributed by atoms with Gasteiger partial charge in [0.05, 0.1) is 5.71 Å². The van der Waals surface area contributed by atoms with Crippen LogP contribution in [0.3, 0.4) is 0 Å². The zero-order chi connectivity index (χ0) is 19.4. The topological polar surface area (TPSA) is 41.8 Å². The van der Waals surface area contributed by atoms with Gasteiger partial charge in [0.2, 0.25) is 0 Å². The van der Waals surface area contributed by atoms with E-state index >= 15 is 0 Å². The van der Waals surface area contributed by atoms with Gasteiger partial charge >= 0.3 is 0 Å². The van der Waals surface area contributed by atoms with Crippen molar-refractivity contribution in [2.45, 2.75) is 27.4 Å². The highest BCUT2D eigenvalue weighted by Gasteiger charge is 2.12. The molecule has 0 fully saturated rings. The van der Waals surface area contributed by atoms with Crippen LogP contribution >= 0.6 is 0 Å². The summed E-state index contributed by atoms with van der Waals surface area (Å²) in [5, 5.41) is 14.4. The lowest BCUT2D eigenvalue weighted by atomic mass is 9.94. The highest BCUT2D eigenvalue weighted by atomic mass is 19.1. The lowest BCUT2D eigenvalue weighted by Gasteiger charge is -2.12. The number of benzene rings is 3. The van der Waals surface area contributed by atoms with Crippen LogP contribution in [0.2, 0.25) is 0 Å². The van der Waals surface area contributed by atoms with E-state index in [0.29, 0.717) is 12.3 Å². The van der Waals surface area contributed by atoms with E-state index in [1.165, 1.54) is 17.7 Å². The van der Waals surface area contributed by atoms with Crippen LogP contribution in [-0.2, 0) is 11.4 Å². The fraction of sp³-hybridized carbons (Fsp3) is 0.174. The van der Waals surface area contributed by atoms with Gasteiger partial charge in [-0.1, -0.05) is 47.1 Å². The molecule has 0 bridgehead atoms. The minimum Gasteiger partial charge on any atom is -0.508 e. The van der Waals surface area contributed by atoms with Gasteiger partial charge in [-0.05, 0) is 67.3 Å². The fourth-order valence-electron chi connectivity index (χ4n) is 2.80. The zero-order valence-corrected chi connectivity index (χ0v) is 15.7. The third-order valence-electron chi connectivity index (χ3n) is 4.43. The Morgan fingerprint density at radius 2 is 1.67 bits per heavy atom. The average molecular weight is 363 g/mol. The summed E-state index contributed by atoms with van der Waals surface area (Å²) in [6.45, 7) is 6.05. The van der Waals surface area contributed by atoms with Gasteiger partial charge in [0.1, 0.15) is 18.2 Å². The number of phenols is 1. The van der Waals surface area contributed by atoms with E-state index in [1.54, 1.807) is 18.2 Å². The van der Waals surface area contributed by atoms with E-state index in [1.807, 2.05) is 51.1 Å². The van der Waals surface area contributed by atoms with Gasteiger partial charge in [0, 0.05) is 5.56 Å². The van der Waals surface area contributed by atoms with Crippen LogP contribution in [0.15, 0.2) is 65.8 Å². The summed E-state index contributed by atoms with van der Waals surface area (Å²) in [6.07, 6.45) is 0. The van der Waals surface area contributed by atoms with Crippen LogP contribution in [0.25, 0.3) is 11.1 Å². The number of nitrogens with zero attached hydrogens (tertiary/aromatic N) is 1. The second-order valence-electron chi connectivity index (χ2n) is 6.63. The predicted octanol–water partition coefficient (Wildman–Crippen LogP) is 5.76. The number of oxime groups is 1. The smallest absolute Gasteiger partial charge is 0.142 e. The molecule has 0 aliphatic heterocycles. The van der Waals surface area contributed by atoms with Crippen molar-refractivity contribution in [2.75, 3.05) is 0 Å². The highest BCUT2D eigenvalue weighted by Crippen LogP contribution is 2.30. The fourth-order valence-corrected chi connectivity index (χ4v) is 2.80. The monoisotopic (exact) mass is 363 g/mol. The van der Waals surface area contributed by atoms with Gasteiger partial charge in [-0.15, -0.1) is 0 Å². The standard InChI is InChI=1S/C23H22FNO2/c1-15-4-6-18(7-5-15)14-27-25-17(3)21-13-23(26)16(2)12-22(21)19-8-10-20(24)11-9-19/h4-13,26H,14H2,1-3H3/b25-17+. The van der Waals surface area contributed by atoms with Crippen molar-refractivity contribution in [1.82, 2.24) is 0 Å². The Labute approximate surface area is 158 Å². The van der Waals surface area contributed by atoms with Crippen LogP contribution < -0.4 is 0 Å². The summed E-state index contributed by atoms with van der Waals surface area (Å²) in [4.78, 5) is 5.50. The molecule has 0 spiro atoms. The van der Waals surface area contributed by atoms with Gasteiger partial charge in [-0.2, -0.15) is 0 Å². The van der Waals surface area contributed by atoms with E-state index in [2.05, 4.69) is 5.16 Å². The molecule has 3 nitrogen and oxygen atoms in total. The summed E-state index contributed by atoms with van der Waals surface area (Å²) >= 11 is 0. The molecule has 0 unspecified atom stereocenters. The molecular weight excluding hydrogens is 341 g/mol. The van der Waals surface area contributed by atoms with Crippen LogP contribution in [-0.4, -0.2) is 10.8 Å². The van der Waals surface area contributed by atoms with Crippen molar-refractivity contribution in [3.63, 3.8) is 0 Å². The Morgan fingerprint density at radius 3 is 2.33 bits per heavy atom. The Morgan fingerprint density at radius 1 is 1.00 bits per heavy atom. The highest BCUT2D eigenvalue weighted by molar-refractivity contribution is 6.04. The van der Waals surface area contributed by atoms with Gasteiger partial charge in [0.25, 0.3) is 0 Å². The largest absolute Gasteiger partial charge is 0.508 e. The Balaban J connectivity index is 1.88. The lowest BCUT2D eigenvalue weighted by molar-refractivity contribution is 0.130. The SMILES string of the molecule is C/C(=N\OCc1ccc(C)cc1)c1cc(O)c(C)cc1-c1ccc(F)cc1. The summed E-state index contributed by atoms with van der Waals surface area (Å²) in [5.74, 6) is -0.105. The Hall–Kier alpha value is -3.14. The summed E-state index contributed by atoms with van der Waals surface area (Å²) < 4.78 is 13.3. The van der Waals surface area contributed by atoms with Crippen molar-refractivity contribution < 1.29 is 14.3 Å². The molecule has 3 rings (SSSR count). The number of aromatic hydroxyl groups is 1. The van der Waals surface area contributed by atoms with E-state index in [4.69, 9.17) is 4.84 Å². The van der Waals surface area contributed by atoms with E-state index < -0.39 is 0 Å². The molecule has 4 heteroatoms. The number of aryl methyl sites for hydroxylation is 2. The number of rotatable bonds is 5. The molecule has 0 radical (unpaired) electrons. The van der Waals surface area contributed by atoms with Crippen LogP contribution in [0, 0.1) is 19.7 Å². The third kappa shape index (κ3) is 4.53. The maximum atomic E-state index is 13.3. The minimum atomic E-state index is -0.289. The predicted molar refractivity (Wildman–Crippen MR) is 106 cm³/mol. The first-order valence-corrected chi connectivity index (χ1v) is 8.76. The van der Waals surface area contributed by atoms with Gasteiger partial charge in [0.15, 0.2) is 0 Å². The molecule has 0 aliphatic carbocycles. The molecule has 0 aliphatic rings. The first-order valence-electron chi connectivity index (χ1n) is 8.76. The van der Waals surface area contributed by atoms with Gasteiger partial charge in [-0.3, -0.25) is 0 Å². The van der Waals surface area contributed by atoms with E-state index in [0.717, 1.165) is 27.8 Å². The van der Waals surface area contributed by atoms with Crippen molar-refractivity contribution in [2.24, 2.45) is 5.16 Å². The normalized spacial score (nSPS) is 11.5. The Bertz CT molecular complexity index is 961. The van der Waals surface area contributed by atoms with Crippen molar-refractivity contribution in [1.29, 1.82) is 0 Å². The summed E-state index contributed by atoms with van der Waals surface area (Å²) in [5.41, 5.74) is 6.06. The molecule has 0 saturated carbocycles. The van der Waals surface area contributed by atoms with Crippen molar-refractivity contribution in [3.05, 3.63) is 88.7 Å². The number of hydrogen-bond acceptors (Lipinski definition) is 3. The molecule has 0 heterocycles. The molecule has 138 valence electrons. The molecule has 27 heavy (non-hydrogen) atoms. The zero-order valence-electron chi connectivity index (χ0n) is 15.7. The Kier molecular flexibility index (Phi) is 5.55.